The molecule has 0 radical (unpaired) electrons. The van der Waals surface area contributed by atoms with Crippen LogP contribution in [0, 0.1) is 13.8 Å². The molecule has 1 aromatic carbocycles. The summed E-state index contributed by atoms with van der Waals surface area (Å²) in [5.74, 6) is 1.04. The number of rotatable bonds is 6. The predicted molar refractivity (Wildman–Crippen MR) is 97.7 cm³/mol. The smallest absolute Gasteiger partial charge is 0.125 e. The molecule has 1 fully saturated rings. The van der Waals surface area contributed by atoms with Crippen LogP contribution in [0.2, 0.25) is 0 Å². The third-order valence-corrected chi connectivity index (χ3v) is 4.41. The maximum absolute atomic E-state index is 10.1. The summed E-state index contributed by atoms with van der Waals surface area (Å²) >= 11 is 0. The molecule has 1 N–H and O–H groups in total. The van der Waals surface area contributed by atoms with Crippen molar-refractivity contribution in [1.29, 1.82) is 0 Å². The van der Waals surface area contributed by atoms with E-state index in [2.05, 4.69) is 36.9 Å². The Kier molecular flexibility index (Phi) is 6.67. The van der Waals surface area contributed by atoms with Crippen LogP contribution < -0.4 is 4.74 Å². The van der Waals surface area contributed by atoms with Crippen molar-refractivity contribution in [3.8, 4) is 5.75 Å². The highest BCUT2D eigenvalue weighted by Crippen LogP contribution is 2.26. The number of piperidine rings is 1. The first-order chi connectivity index (χ1) is 11.2. The van der Waals surface area contributed by atoms with Gasteiger partial charge in [0.1, 0.15) is 11.9 Å². The zero-order chi connectivity index (χ0) is 17.7. The van der Waals surface area contributed by atoms with Crippen LogP contribution in [0.1, 0.15) is 44.7 Å². The molecule has 4 heteroatoms. The number of para-hydroxylation sites is 1. The second kappa shape index (κ2) is 8.32. The fraction of sp³-hybridized carbons (Fsp3) is 0.700. The highest BCUT2D eigenvalue weighted by atomic mass is 16.5. The molecule has 0 aliphatic carbocycles. The monoisotopic (exact) mass is 335 g/mol. The van der Waals surface area contributed by atoms with Crippen LogP contribution in [0.25, 0.3) is 0 Å². The number of ether oxygens (including phenoxy) is 2. The number of aryl methyl sites for hydroxylation is 2. The Bertz CT molecular complexity index is 496. The molecule has 1 heterocycles. The molecule has 2 rings (SSSR count). The third-order valence-electron chi connectivity index (χ3n) is 4.41. The predicted octanol–water partition coefficient (Wildman–Crippen LogP) is 3.32. The van der Waals surface area contributed by atoms with Crippen LogP contribution in [0.5, 0.6) is 5.75 Å². The lowest BCUT2D eigenvalue weighted by Crippen LogP contribution is -2.43. The van der Waals surface area contributed by atoms with Gasteiger partial charge >= 0.3 is 0 Å². The lowest BCUT2D eigenvalue weighted by atomic mass is 10.1. The average Bonchev–Trinajstić information content (AvgIpc) is 2.50. The molecule has 136 valence electrons. The summed E-state index contributed by atoms with van der Waals surface area (Å²) < 4.78 is 11.9. The van der Waals surface area contributed by atoms with E-state index in [4.69, 9.17) is 9.47 Å². The van der Waals surface area contributed by atoms with E-state index in [0.717, 1.165) is 31.7 Å². The van der Waals surface area contributed by atoms with Gasteiger partial charge in [-0.3, -0.25) is 0 Å². The molecule has 1 saturated heterocycles. The van der Waals surface area contributed by atoms with E-state index < -0.39 is 6.10 Å². The summed E-state index contributed by atoms with van der Waals surface area (Å²) in [4.78, 5) is 2.31. The van der Waals surface area contributed by atoms with Crippen LogP contribution in [0.3, 0.4) is 0 Å². The molecule has 24 heavy (non-hydrogen) atoms. The summed E-state index contributed by atoms with van der Waals surface area (Å²) in [6, 6.07) is 6.27. The van der Waals surface area contributed by atoms with Crippen LogP contribution >= 0.6 is 0 Å². The van der Waals surface area contributed by atoms with Crippen molar-refractivity contribution >= 4 is 0 Å². The fourth-order valence-corrected chi connectivity index (χ4v) is 3.06. The molecule has 1 aromatic rings. The van der Waals surface area contributed by atoms with E-state index in [9.17, 15) is 5.11 Å². The van der Waals surface area contributed by atoms with Gasteiger partial charge < -0.3 is 19.5 Å². The Morgan fingerprint density at radius 2 is 1.75 bits per heavy atom. The molecule has 0 spiro atoms. The third kappa shape index (κ3) is 6.08. The summed E-state index contributed by atoms with van der Waals surface area (Å²) in [7, 11) is 0. The second-order valence-corrected chi connectivity index (χ2v) is 7.92. The van der Waals surface area contributed by atoms with Crippen molar-refractivity contribution in [3.05, 3.63) is 29.3 Å². The van der Waals surface area contributed by atoms with Crippen molar-refractivity contribution in [3.63, 3.8) is 0 Å². The van der Waals surface area contributed by atoms with Gasteiger partial charge in [-0.15, -0.1) is 0 Å². The number of nitrogens with zero attached hydrogens (tertiary/aromatic N) is 1. The van der Waals surface area contributed by atoms with Crippen LogP contribution in [-0.4, -0.2) is 54.1 Å². The van der Waals surface area contributed by atoms with Crippen molar-refractivity contribution in [2.45, 2.75) is 65.3 Å². The zero-order valence-corrected chi connectivity index (χ0v) is 15.8. The second-order valence-electron chi connectivity index (χ2n) is 7.92. The Labute approximate surface area is 146 Å². The van der Waals surface area contributed by atoms with Gasteiger partial charge in [-0.2, -0.15) is 0 Å². The van der Waals surface area contributed by atoms with Crippen molar-refractivity contribution in [2.24, 2.45) is 0 Å². The minimum Gasteiger partial charge on any atom is -0.490 e. The summed E-state index contributed by atoms with van der Waals surface area (Å²) in [6.45, 7) is 13.2. The quantitative estimate of drug-likeness (QED) is 0.866. The van der Waals surface area contributed by atoms with E-state index in [1.807, 2.05) is 20.8 Å². The molecule has 0 amide bonds. The highest BCUT2D eigenvalue weighted by molar-refractivity contribution is 5.39. The van der Waals surface area contributed by atoms with Gasteiger partial charge in [0.25, 0.3) is 0 Å². The van der Waals surface area contributed by atoms with Gasteiger partial charge in [0.05, 0.1) is 18.3 Å². The minimum atomic E-state index is -0.430. The fourth-order valence-electron chi connectivity index (χ4n) is 3.06. The van der Waals surface area contributed by atoms with Crippen LogP contribution in [-0.2, 0) is 4.74 Å². The molecular weight excluding hydrogens is 302 g/mol. The van der Waals surface area contributed by atoms with Crippen LogP contribution in [0.4, 0.5) is 0 Å². The largest absolute Gasteiger partial charge is 0.490 e. The van der Waals surface area contributed by atoms with E-state index in [-0.39, 0.29) is 11.7 Å². The number of benzene rings is 1. The molecule has 0 bridgehead atoms. The molecule has 1 aliphatic rings. The van der Waals surface area contributed by atoms with Gasteiger partial charge in [-0.1, -0.05) is 18.2 Å². The molecule has 0 saturated carbocycles. The van der Waals surface area contributed by atoms with Gasteiger partial charge in [-0.05, 0) is 58.6 Å². The molecule has 1 atom stereocenters. The van der Waals surface area contributed by atoms with Crippen molar-refractivity contribution < 1.29 is 14.6 Å². The standard InChI is InChI=1S/C20H33NO3/c1-15-7-6-8-16(2)19(15)24-18-9-11-21(12-10-18)13-17(22)14-23-20(3,4)5/h6-8,17-18,22H,9-14H2,1-5H3. The van der Waals surface area contributed by atoms with E-state index in [1.54, 1.807) is 0 Å². The molecule has 4 nitrogen and oxygen atoms in total. The highest BCUT2D eigenvalue weighted by Gasteiger charge is 2.23. The maximum Gasteiger partial charge on any atom is 0.125 e. The Morgan fingerprint density at radius 1 is 1.17 bits per heavy atom. The summed E-state index contributed by atoms with van der Waals surface area (Å²) in [5.41, 5.74) is 2.20. The molecule has 1 unspecified atom stereocenters. The average molecular weight is 335 g/mol. The molecule has 0 aromatic heterocycles. The molecular formula is C20H33NO3. The Balaban J connectivity index is 1.75. The lowest BCUT2D eigenvalue weighted by Gasteiger charge is -2.34. The normalized spacial score (nSPS) is 18.6. The number of likely N-dealkylation sites (tertiary alicyclic amines) is 1. The van der Waals surface area contributed by atoms with Gasteiger partial charge in [-0.25, -0.2) is 0 Å². The van der Waals surface area contributed by atoms with E-state index in [0.29, 0.717) is 13.2 Å². The minimum absolute atomic E-state index is 0.201. The summed E-state index contributed by atoms with van der Waals surface area (Å²) in [6.07, 6.45) is 1.84. The van der Waals surface area contributed by atoms with Gasteiger partial charge in [0.15, 0.2) is 0 Å². The van der Waals surface area contributed by atoms with Gasteiger partial charge in [0.2, 0.25) is 0 Å². The Morgan fingerprint density at radius 3 is 2.29 bits per heavy atom. The van der Waals surface area contributed by atoms with E-state index in [1.165, 1.54) is 11.1 Å². The Hall–Kier alpha value is -1.10. The molecule has 1 aliphatic heterocycles. The number of aliphatic hydroxyl groups excluding tert-OH is 1. The number of aliphatic hydroxyl groups is 1. The topological polar surface area (TPSA) is 41.9 Å². The van der Waals surface area contributed by atoms with Crippen molar-refractivity contribution in [2.75, 3.05) is 26.2 Å². The van der Waals surface area contributed by atoms with E-state index >= 15 is 0 Å². The SMILES string of the molecule is Cc1cccc(C)c1OC1CCN(CC(O)COC(C)(C)C)CC1. The first-order valence-corrected chi connectivity index (χ1v) is 9.02. The number of β-amino-alcohol motifs (C(OH)–C–C–N with tert-alkyl or cyclic N) is 1. The zero-order valence-electron chi connectivity index (χ0n) is 15.8. The van der Waals surface area contributed by atoms with Crippen molar-refractivity contribution in [1.82, 2.24) is 4.90 Å². The lowest BCUT2D eigenvalue weighted by molar-refractivity contribution is -0.0588. The van der Waals surface area contributed by atoms with Crippen LogP contribution in [0.15, 0.2) is 18.2 Å². The number of hydrogen-bond donors (Lipinski definition) is 1. The van der Waals surface area contributed by atoms with Gasteiger partial charge in [0, 0.05) is 19.6 Å². The first kappa shape index (κ1) is 19.2. The maximum atomic E-state index is 10.1. The number of hydrogen-bond acceptors (Lipinski definition) is 4. The first-order valence-electron chi connectivity index (χ1n) is 9.02. The summed E-state index contributed by atoms with van der Waals surface area (Å²) in [5, 5.41) is 10.1.